The van der Waals surface area contributed by atoms with Gasteiger partial charge < -0.3 is 20.9 Å². The fourth-order valence-electron chi connectivity index (χ4n) is 4.76. The predicted molar refractivity (Wildman–Crippen MR) is 174 cm³/mol. The zero-order valence-corrected chi connectivity index (χ0v) is 26.8. The SMILES string of the molecule is COc1c2c(c(OC)c3c1SC(=C1C(=O)N(c4ccccn4)N=C1C(N)=O)S3)SC(=C1C(=O)N(c3ccccn3)N=C1C(N)=O)S2. The maximum Gasteiger partial charge on any atom is 0.284 e. The Morgan fingerprint density at radius 2 is 1.02 bits per heavy atom. The maximum absolute atomic E-state index is 13.6. The van der Waals surface area contributed by atoms with Crippen LogP contribution in [0.3, 0.4) is 0 Å². The summed E-state index contributed by atoms with van der Waals surface area (Å²) in [6, 6.07) is 9.95. The number of fused-ring (bicyclic) bond motifs is 2. The lowest BCUT2D eigenvalue weighted by molar-refractivity contribution is -0.115. The van der Waals surface area contributed by atoms with E-state index in [0.29, 0.717) is 39.6 Å². The van der Waals surface area contributed by atoms with E-state index in [9.17, 15) is 19.2 Å². The van der Waals surface area contributed by atoms with E-state index < -0.39 is 23.6 Å². The normalized spacial score (nSPS) is 17.0. The van der Waals surface area contributed by atoms with Crippen molar-refractivity contribution in [3.05, 3.63) is 68.4 Å². The van der Waals surface area contributed by atoms with Crippen molar-refractivity contribution in [3.63, 3.8) is 0 Å². The third-order valence-corrected chi connectivity index (χ3v) is 11.9. The molecule has 4 aliphatic rings. The summed E-state index contributed by atoms with van der Waals surface area (Å²) < 4.78 is 12.7. The number of hydrazone groups is 2. The van der Waals surface area contributed by atoms with Crippen LogP contribution in [0.25, 0.3) is 0 Å². The van der Waals surface area contributed by atoms with Crippen molar-refractivity contribution in [1.82, 2.24) is 9.97 Å². The minimum absolute atomic E-state index is 0.0326. The first-order valence-electron chi connectivity index (χ1n) is 13.0. The summed E-state index contributed by atoms with van der Waals surface area (Å²) in [5.74, 6) is -1.51. The number of rotatable bonds is 6. The van der Waals surface area contributed by atoms with Crippen molar-refractivity contribution in [2.24, 2.45) is 21.7 Å². The van der Waals surface area contributed by atoms with Crippen molar-refractivity contribution >= 4 is 93.7 Å². The minimum atomic E-state index is -0.872. The van der Waals surface area contributed by atoms with Crippen LogP contribution in [-0.4, -0.2) is 59.2 Å². The van der Waals surface area contributed by atoms with E-state index in [0.717, 1.165) is 10.0 Å². The van der Waals surface area contributed by atoms with Crippen LogP contribution < -0.4 is 31.0 Å². The molecular formula is C28H18N8O6S4. The van der Waals surface area contributed by atoms with Gasteiger partial charge in [0.15, 0.2) is 23.1 Å². The summed E-state index contributed by atoms with van der Waals surface area (Å²) in [6.07, 6.45) is 3.01. The van der Waals surface area contributed by atoms with Gasteiger partial charge >= 0.3 is 0 Å². The number of carbonyl (C=O) groups excluding carboxylic acids is 4. The number of thioether (sulfide) groups is 4. The number of amides is 4. The quantitative estimate of drug-likeness (QED) is 0.359. The van der Waals surface area contributed by atoms with Crippen molar-refractivity contribution in [1.29, 1.82) is 0 Å². The number of benzene rings is 1. The lowest BCUT2D eigenvalue weighted by Gasteiger charge is -2.14. The standard InChI is InChI=1S/C28H18N8O6S4/c1-41-17-19-21(45-27(43-19)13-15(23(29)37)33-35(25(13)39)11-7-3-5-9-31-11)18(42-2)22-20(17)44-28(46-22)14-16(24(30)38)34-36(26(14)40)12-8-4-6-10-32-12/h3-10H,1-2H3,(H2,29,37)(H2,30,38). The molecule has 0 atom stereocenters. The molecule has 4 aliphatic heterocycles. The number of aromatic nitrogens is 2. The third kappa shape index (κ3) is 4.63. The van der Waals surface area contributed by atoms with E-state index in [4.69, 9.17) is 20.9 Å². The Kier molecular flexibility index (Phi) is 7.50. The highest BCUT2D eigenvalue weighted by Gasteiger charge is 2.45. The second-order valence-electron chi connectivity index (χ2n) is 9.35. The number of ether oxygens (including phenoxy) is 2. The van der Waals surface area contributed by atoms with Crippen molar-refractivity contribution in [2.75, 3.05) is 24.2 Å². The zero-order chi connectivity index (χ0) is 32.3. The number of primary amides is 2. The van der Waals surface area contributed by atoms with Crippen LogP contribution in [0.1, 0.15) is 0 Å². The van der Waals surface area contributed by atoms with Gasteiger partial charge in [-0.3, -0.25) is 19.2 Å². The van der Waals surface area contributed by atoms with E-state index in [1.54, 1.807) is 36.4 Å². The molecule has 0 spiro atoms. The molecule has 7 rings (SSSR count). The highest BCUT2D eigenvalue weighted by Crippen LogP contribution is 2.68. The molecule has 0 aliphatic carbocycles. The highest BCUT2D eigenvalue weighted by atomic mass is 32.2. The molecular weight excluding hydrogens is 673 g/mol. The second kappa shape index (κ2) is 11.5. The number of anilines is 2. The van der Waals surface area contributed by atoms with Crippen molar-refractivity contribution < 1.29 is 28.7 Å². The van der Waals surface area contributed by atoms with Crippen LogP contribution in [-0.2, 0) is 19.2 Å². The predicted octanol–water partition coefficient (Wildman–Crippen LogP) is 3.09. The Bertz CT molecular complexity index is 1850. The fourth-order valence-corrected chi connectivity index (χ4v) is 10.5. The van der Waals surface area contributed by atoms with E-state index >= 15 is 0 Å². The monoisotopic (exact) mass is 690 g/mol. The topological polar surface area (TPSA) is 196 Å². The largest absolute Gasteiger partial charge is 0.494 e. The molecule has 0 saturated carbocycles. The van der Waals surface area contributed by atoms with Gasteiger partial charge in [-0.15, -0.1) is 0 Å². The van der Waals surface area contributed by atoms with E-state index in [1.807, 2.05) is 0 Å². The summed E-state index contributed by atoms with van der Waals surface area (Å²) in [6.45, 7) is 0. The molecule has 0 bridgehead atoms. The average molecular weight is 691 g/mol. The Morgan fingerprint density at radius 3 is 1.30 bits per heavy atom. The summed E-state index contributed by atoms with van der Waals surface area (Å²) in [5, 5.41) is 10.5. The Balaban J connectivity index is 1.30. The molecule has 4 amide bonds. The van der Waals surface area contributed by atoms with Crippen molar-refractivity contribution in [2.45, 2.75) is 19.6 Å². The maximum atomic E-state index is 13.6. The van der Waals surface area contributed by atoms with Gasteiger partial charge in [-0.2, -0.15) is 20.2 Å². The van der Waals surface area contributed by atoms with E-state index in [-0.39, 0.29) is 34.2 Å². The zero-order valence-electron chi connectivity index (χ0n) is 23.5. The summed E-state index contributed by atoms with van der Waals surface area (Å²) in [4.78, 5) is 63.0. The molecule has 3 aromatic rings. The molecule has 6 heterocycles. The minimum Gasteiger partial charge on any atom is -0.494 e. The second-order valence-corrected chi connectivity index (χ2v) is 14.0. The molecule has 4 N–H and O–H groups in total. The smallest absolute Gasteiger partial charge is 0.284 e. The molecule has 2 aromatic heterocycles. The number of methoxy groups -OCH3 is 2. The molecule has 1 aromatic carbocycles. The van der Waals surface area contributed by atoms with E-state index in [1.165, 1.54) is 73.7 Å². The number of nitrogens with two attached hydrogens (primary N) is 2. The average Bonchev–Trinajstić information content (AvgIpc) is 3.83. The van der Waals surface area contributed by atoms with Gasteiger partial charge in [-0.1, -0.05) is 59.2 Å². The number of hydrogen-bond donors (Lipinski definition) is 2. The van der Waals surface area contributed by atoms with Gasteiger partial charge in [-0.25, -0.2) is 9.97 Å². The van der Waals surface area contributed by atoms with E-state index in [2.05, 4.69) is 20.2 Å². The molecule has 0 unspecified atom stereocenters. The first kappa shape index (κ1) is 29.9. The fraction of sp³-hybridized carbons (Fsp3) is 0.0714. The summed E-state index contributed by atoms with van der Waals surface area (Å²) in [5.41, 5.74) is 11.0. The van der Waals surface area contributed by atoms with Gasteiger partial charge in [-0.05, 0) is 24.3 Å². The molecule has 0 radical (unpaired) electrons. The van der Waals surface area contributed by atoms with Crippen LogP contribution in [0.4, 0.5) is 11.6 Å². The van der Waals surface area contributed by atoms with Gasteiger partial charge in [0.25, 0.3) is 23.6 Å². The van der Waals surface area contributed by atoms with Crippen LogP contribution in [0.2, 0.25) is 0 Å². The molecule has 230 valence electrons. The molecule has 18 heteroatoms. The van der Waals surface area contributed by atoms with Gasteiger partial charge in [0, 0.05) is 12.4 Å². The number of hydrogen-bond acceptors (Lipinski definition) is 14. The molecule has 14 nitrogen and oxygen atoms in total. The molecule has 46 heavy (non-hydrogen) atoms. The van der Waals surface area contributed by atoms with Crippen molar-refractivity contribution in [3.8, 4) is 11.5 Å². The Labute approximate surface area is 276 Å². The number of pyridine rings is 2. The first-order chi connectivity index (χ1) is 22.2. The third-order valence-electron chi connectivity index (χ3n) is 6.72. The molecule has 0 fully saturated rings. The van der Waals surface area contributed by atoms with Crippen LogP contribution in [0.5, 0.6) is 11.5 Å². The Hall–Kier alpha value is -4.78. The lowest BCUT2D eigenvalue weighted by atomic mass is 10.2. The van der Waals surface area contributed by atoms with Crippen LogP contribution in [0.15, 0.2) is 98.2 Å². The van der Waals surface area contributed by atoms with Gasteiger partial charge in [0.2, 0.25) is 0 Å². The highest BCUT2D eigenvalue weighted by molar-refractivity contribution is 8.26. The first-order valence-corrected chi connectivity index (χ1v) is 16.3. The summed E-state index contributed by atoms with van der Waals surface area (Å²) in [7, 11) is 2.99. The van der Waals surface area contributed by atoms with Gasteiger partial charge in [0.1, 0.15) is 11.5 Å². The van der Waals surface area contributed by atoms with Crippen LogP contribution >= 0.6 is 47.0 Å². The van der Waals surface area contributed by atoms with Gasteiger partial charge in [0.05, 0.1) is 53.4 Å². The number of nitrogens with zero attached hydrogens (tertiary/aromatic N) is 6. The summed E-state index contributed by atoms with van der Waals surface area (Å²) >= 11 is 4.80. The lowest BCUT2D eigenvalue weighted by Crippen LogP contribution is -2.26. The Morgan fingerprint density at radius 1 is 0.652 bits per heavy atom. The number of carbonyl (C=O) groups is 4. The molecule has 0 saturated heterocycles. The van der Waals surface area contributed by atoms with Crippen LogP contribution in [0, 0.1) is 0 Å².